The maximum absolute atomic E-state index is 12.8. The van der Waals surface area contributed by atoms with E-state index in [4.69, 9.17) is 23.7 Å². The molecule has 4 rings (SSSR count). The summed E-state index contributed by atoms with van der Waals surface area (Å²) in [7, 11) is 0. The second-order valence-electron chi connectivity index (χ2n) is 11.7. The molecule has 44 heavy (non-hydrogen) atoms. The van der Waals surface area contributed by atoms with E-state index in [1.807, 2.05) is 13.8 Å². The van der Waals surface area contributed by atoms with Crippen molar-refractivity contribution < 1.29 is 69.0 Å². The summed E-state index contributed by atoms with van der Waals surface area (Å²) in [5.74, 6) is -3.24. The molecule has 1 aromatic carbocycles. The molecule has 0 bridgehead atoms. The van der Waals surface area contributed by atoms with E-state index >= 15 is 0 Å². The zero-order valence-corrected chi connectivity index (χ0v) is 24.3. The monoisotopic (exact) mass is 624 g/mol. The zero-order chi connectivity index (χ0) is 32.2. The first-order valence-electron chi connectivity index (χ1n) is 14.3. The van der Waals surface area contributed by atoms with Crippen LogP contribution in [0.1, 0.15) is 32.3 Å². The third kappa shape index (κ3) is 7.41. The van der Waals surface area contributed by atoms with Crippen LogP contribution in [0.3, 0.4) is 0 Å². The molecule has 10 atom stereocenters. The van der Waals surface area contributed by atoms with Crippen LogP contribution >= 0.6 is 0 Å². The Bertz CT molecular complexity index is 1200. The summed E-state index contributed by atoms with van der Waals surface area (Å²) in [6.07, 6.45) is -6.33. The van der Waals surface area contributed by atoms with Gasteiger partial charge < -0.3 is 59.4 Å². The van der Waals surface area contributed by atoms with Crippen molar-refractivity contribution in [1.29, 1.82) is 0 Å². The lowest BCUT2D eigenvalue weighted by atomic mass is 9.80. The molecule has 2 aliphatic heterocycles. The van der Waals surface area contributed by atoms with Crippen LogP contribution in [0.4, 0.5) is 0 Å². The summed E-state index contributed by atoms with van der Waals surface area (Å²) in [6, 6.07) is 6.04. The number of esters is 2. The van der Waals surface area contributed by atoms with Crippen LogP contribution in [0.5, 0.6) is 5.75 Å². The standard InChI is InChI=1S/C30H40O14/c1-15(2)9-23(35)44-28-24-19(17(12-40-28)13-41-29-27(38)26(37)25(36)20(11-31)42-29)10-21(30(24,39)14-32)43-22(34)8-5-16-3-6-18(33)7-4-16/h3-8,12,15,19-21,24-29,31-33,36-39H,9-11,13-14H2,1-2H3/b8-5-/t19-,20+,21+,24-,25+,26-,27+,28+,29+,30-/m1/s1. The number of rotatable bonds is 11. The Morgan fingerprint density at radius 3 is 2.39 bits per heavy atom. The minimum absolute atomic E-state index is 0.0331. The van der Waals surface area contributed by atoms with Crippen molar-refractivity contribution in [2.75, 3.05) is 19.8 Å². The van der Waals surface area contributed by atoms with E-state index in [1.165, 1.54) is 24.5 Å². The maximum Gasteiger partial charge on any atom is 0.331 e. The second-order valence-corrected chi connectivity index (χ2v) is 11.7. The maximum atomic E-state index is 12.8. The van der Waals surface area contributed by atoms with Gasteiger partial charge in [0.2, 0.25) is 6.29 Å². The summed E-state index contributed by atoms with van der Waals surface area (Å²) in [4.78, 5) is 25.3. The van der Waals surface area contributed by atoms with E-state index in [-0.39, 0.29) is 31.1 Å². The van der Waals surface area contributed by atoms with Gasteiger partial charge >= 0.3 is 11.9 Å². The van der Waals surface area contributed by atoms with Gasteiger partial charge in [-0.1, -0.05) is 26.0 Å². The predicted molar refractivity (Wildman–Crippen MR) is 149 cm³/mol. The van der Waals surface area contributed by atoms with Gasteiger partial charge in [0.05, 0.1) is 32.0 Å². The minimum Gasteiger partial charge on any atom is -0.508 e. The molecule has 1 saturated carbocycles. The minimum atomic E-state index is -2.11. The third-order valence-corrected chi connectivity index (χ3v) is 8.06. The average Bonchev–Trinajstić information content (AvgIpc) is 3.28. The number of aromatic hydroxyl groups is 1. The molecule has 0 amide bonds. The van der Waals surface area contributed by atoms with E-state index in [0.717, 1.165) is 6.08 Å². The van der Waals surface area contributed by atoms with Crippen molar-refractivity contribution in [3.8, 4) is 5.75 Å². The number of hydrogen-bond donors (Lipinski definition) is 7. The molecule has 2 heterocycles. The Morgan fingerprint density at radius 2 is 1.75 bits per heavy atom. The molecule has 1 saturated heterocycles. The quantitative estimate of drug-likeness (QED) is 0.120. The van der Waals surface area contributed by atoms with Crippen molar-refractivity contribution >= 4 is 18.0 Å². The second kappa shape index (κ2) is 14.3. The predicted octanol–water partition coefficient (Wildman–Crippen LogP) is -0.677. The van der Waals surface area contributed by atoms with Crippen molar-refractivity contribution in [3.05, 3.63) is 47.7 Å². The highest BCUT2D eigenvalue weighted by Crippen LogP contribution is 2.50. The Balaban J connectivity index is 1.54. The van der Waals surface area contributed by atoms with Gasteiger partial charge in [-0.25, -0.2) is 4.79 Å². The zero-order valence-electron chi connectivity index (χ0n) is 24.3. The fraction of sp³-hybridized carbons (Fsp3) is 0.600. The number of carbonyl (C=O) groups is 2. The number of fused-ring (bicyclic) bond motifs is 1. The largest absolute Gasteiger partial charge is 0.508 e. The molecule has 2 fully saturated rings. The fourth-order valence-corrected chi connectivity index (χ4v) is 5.70. The Kier molecular flexibility index (Phi) is 11.0. The molecule has 1 aromatic rings. The summed E-state index contributed by atoms with van der Waals surface area (Å²) in [5, 5.41) is 71.5. The highest BCUT2D eigenvalue weighted by Gasteiger charge is 2.62. The fourth-order valence-electron chi connectivity index (χ4n) is 5.70. The molecule has 3 aliphatic rings. The van der Waals surface area contributed by atoms with Crippen molar-refractivity contribution in [2.24, 2.45) is 17.8 Å². The van der Waals surface area contributed by atoms with Crippen molar-refractivity contribution in [3.63, 3.8) is 0 Å². The molecule has 14 heteroatoms. The van der Waals surface area contributed by atoms with Gasteiger partial charge in [0.25, 0.3) is 0 Å². The number of phenolic OH excluding ortho intramolecular Hbond substituents is 1. The van der Waals surface area contributed by atoms with E-state index < -0.39 is 85.7 Å². The molecule has 1 aliphatic carbocycles. The molecule has 0 radical (unpaired) electrons. The number of ether oxygens (including phenoxy) is 5. The number of carbonyl (C=O) groups excluding carboxylic acids is 2. The van der Waals surface area contributed by atoms with Gasteiger partial charge in [-0.3, -0.25) is 4.79 Å². The number of phenols is 1. The molecule has 7 N–H and O–H groups in total. The van der Waals surface area contributed by atoms with E-state index in [9.17, 15) is 45.3 Å². The molecule has 0 spiro atoms. The van der Waals surface area contributed by atoms with Crippen LogP contribution < -0.4 is 0 Å². The number of hydrogen-bond acceptors (Lipinski definition) is 14. The molecule has 0 unspecified atom stereocenters. The topological polar surface area (TPSA) is 222 Å². The molecule has 14 nitrogen and oxygen atoms in total. The lowest BCUT2D eigenvalue weighted by molar-refractivity contribution is -0.299. The van der Waals surface area contributed by atoms with E-state index in [1.54, 1.807) is 12.1 Å². The number of benzene rings is 1. The first kappa shape index (κ1) is 33.8. The van der Waals surface area contributed by atoms with Crippen LogP contribution in [0, 0.1) is 17.8 Å². The van der Waals surface area contributed by atoms with Crippen LogP contribution in [0.25, 0.3) is 6.08 Å². The van der Waals surface area contributed by atoms with Gasteiger partial charge in [0, 0.05) is 18.4 Å². The van der Waals surface area contributed by atoms with E-state index in [2.05, 4.69) is 0 Å². The lowest BCUT2D eigenvalue weighted by Gasteiger charge is -2.41. The smallest absolute Gasteiger partial charge is 0.331 e. The number of aliphatic hydroxyl groups is 6. The average molecular weight is 625 g/mol. The van der Waals surface area contributed by atoms with Crippen molar-refractivity contribution in [1.82, 2.24) is 0 Å². The summed E-state index contributed by atoms with van der Waals surface area (Å²) in [6.45, 7) is 1.81. The number of aliphatic hydroxyl groups excluding tert-OH is 5. The highest BCUT2D eigenvalue weighted by molar-refractivity contribution is 5.87. The van der Waals surface area contributed by atoms with Crippen LogP contribution in [0.15, 0.2) is 42.2 Å². The Hall–Kier alpha value is -3.08. The van der Waals surface area contributed by atoms with Gasteiger partial charge in [-0.15, -0.1) is 0 Å². The Morgan fingerprint density at radius 1 is 1.05 bits per heavy atom. The summed E-state index contributed by atoms with van der Waals surface area (Å²) in [5.41, 5.74) is -1.15. The van der Waals surface area contributed by atoms with Gasteiger partial charge in [0.15, 0.2) is 6.29 Å². The van der Waals surface area contributed by atoms with Crippen LogP contribution in [-0.2, 0) is 33.3 Å². The van der Waals surface area contributed by atoms with Crippen LogP contribution in [-0.4, -0.2) is 116 Å². The van der Waals surface area contributed by atoms with Crippen LogP contribution in [0.2, 0.25) is 0 Å². The van der Waals surface area contributed by atoms with Gasteiger partial charge in [-0.05, 0) is 41.7 Å². The summed E-state index contributed by atoms with van der Waals surface area (Å²) < 4.78 is 27.9. The van der Waals surface area contributed by atoms with Gasteiger partial charge in [-0.2, -0.15) is 0 Å². The SMILES string of the molecule is CC(C)CC(=O)O[C@@H]1OC=C(CO[C@H]2O[C@@H](CO)[C@H](O)[C@@H](O)[C@@H]2O)[C@H]2C[C@H](OC(=O)/C=C\c3ccc(O)cc3)[C@](O)(CO)[C@@H]12. The molecular formula is C30H40O14. The lowest BCUT2D eigenvalue weighted by Crippen LogP contribution is -2.59. The Labute approximate surface area is 253 Å². The highest BCUT2D eigenvalue weighted by atomic mass is 16.7. The molecular weight excluding hydrogens is 584 g/mol. The molecule has 0 aromatic heterocycles. The van der Waals surface area contributed by atoms with Gasteiger partial charge in [0.1, 0.15) is 41.9 Å². The molecule has 244 valence electrons. The first-order valence-corrected chi connectivity index (χ1v) is 14.3. The third-order valence-electron chi connectivity index (χ3n) is 8.06. The normalized spacial score (nSPS) is 35.2. The summed E-state index contributed by atoms with van der Waals surface area (Å²) >= 11 is 0. The van der Waals surface area contributed by atoms with Crippen molar-refractivity contribution in [2.45, 2.75) is 75.4 Å². The first-order chi connectivity index (χ1) is 20.9. The van der Waals surface area contributed by atoms with E-state index in [0.29, 0.717) is 11.1 Å².